The maximum atomic E-state index is 13.3. The molecule has 0 spiro atoms. The molecule has 0 unspecified atom stereocenters. The molecule has 0 aliphatic rings. The summed E-state index contributed by atoms with van der Waals surface area (Å²) in [6.07, 6.45) is 1.26. The van der Waals surface area contributed by atoms with Gasteiger partial charge in [0.15, 0.2) is 6.61 Å². The lowest BCUT2D eigenvalue weighted by atomic mass is 10.1. The highest BCUT2D eigenvalue weighted by molar-refractivity contribution is 6.35. The molecule has 0 saturated carbocycles. The van der Waals surface area contributed by atoms with E-state index in [0.29, 0.717) is 27.8 Å². The van der Waals surface area contributed by atoms with E-state index in [0.717, 1.165) is 17.5 Å². The SMILES string of the molecule is CC[C@H](C)NC(=O)[C@H](CC)N(Cc1ccc(Cl)cc1Cl)C(=O)COc1cc(C)ccc1C. The summed E-state index contributed by atoms with van der Waals surface area (Å²) in [7, 11) is 0. The van der Waals surface area contributed by atoms with Crippen molar-refractivity contribution in [1.82, 2.24) is 10.2 Å². The highest BCUT2D eigenvalue weighted by atomic mass is 35.5. The number of benzene rings is 2. The molecule has 32 heavy (non-hydrogen) atoms. The van der Waals surface area contributed by atoms with E-state index in [1.807, 2.05) is 52.8 Å². The molecule has 0 fully saturated rings. The number of carbonyl (C=O) groups excluding carboxylic acids is 2. The smallest absolute Gasteiger partial charge is 0.261 e. The van der Waals surface area contributed by atoms with Gasteiger partial charge in [-0.15, -0.1) is 0 Å². The quantitative estimate of drug-likeness (QED) is 0.475. The average molecular weight is 479 g/mol. The van der Waals surface area contributed by atoms with E-state index >= 15 is 0 Å². The van der Waals surface area contributed by atoms with Gasteiger partial charge in [0.25, 0.3) is 5.91 Å². The number of nitrogens with zero attached hydrogens (tertiary/aromatic N) is 1. The molecule has 5 nitrogen and oxygen atoms in total. The van der Waals surface area contributed by atoms with Gasteiger partial charge in [-0.2, -0.15) is 0 Å². The summed E-state index contributed by atoms with van der Waals surface area (Å²) in [5.74, 6) is 0.176. The van der Waals surface area contributed by atoms with Crippen molar-refractivity contribution in [3.63, 3.8) is 0 Å². The maximum absolute atomic E-state index is 13.3. The molecule has 7 heteroatoms. The fourth-order valence-electron chi connectivity index (χ4n) is 3.28. The second-order valence-corrected chi connectivity index (χ2v) is 8.90. The molecular weight excluding hydrogens is 447 g/mol. The monoisotopic (exact) mass is 478 g/mol. The van der Waals surface area contributed by atoms with Crippen LogP contribution in [-0.4, -0.2) is 35.4 Å². The van der Waals surface area contributed by atoms with E-state index in [4.69, 9.17) is 27.9 Å². The number of rotatable bonds is 10. The third-order valence-corrected chi connectivity index (χ3v) is 6.02. The first-order valence-corrected chi connectivity index (χ1v) is 11.7. The van der Waals surface area contributed by atoms with E-state index in [2.05, 4.69) is 5.32 Å². The Hall–Kier alpha value is -2.24. The topological polar surface area (TPSA) is 58.6 Å². The van der Waals surface area contributed by atoms with E-state index in [1.54, 1.807) is 18.2 Å². The van der Waals surface area contributed by atoms with Gasteiger partial charge in [-0.25, -0.2) is 0 Å². The molecule has 174 valence electrons. The minimum Gasteiger partial charge on any atom is -0.483 e. The molecule has 2 aromatic rings. The van der Waals surface area contributed by atoms with Crippen LogP contribution in [0, 0.1) is 13.8 Å². The number of hydrogen-bond acceptors (Lipinski definition) is 3. The molecule has 0 aliphatic heterocycles. The zero-order valence-electron chi connectivity index (χ0n) is 19.4. The summed E-state index contributed by atoms with van der Waals surface area (Å²) in [5.41, 5.74) is 2.70. The Labute approximate surface area is 201 Å². The first-order valence-electron chi connectivity index (χ1n) is 10.9. The Balaban J connectivity index is 2.29. The standard InChI is InChI=1S/C25H32Cl2N2O3/c1-6-18(5)28-25(31)22(7-2)29(14-19-10-11-20(26)13-21(19)27)24(30)15-32-23-12-16(3)8-9-17(23)4/h8-13,18,22H,6-7,14-15H2,1-5H3,(H,28,31)/t18-,22-/m0/s1. The van der Waals surface area contributed by atoms with Gasteiger partial charge in [0.2, 0.25) is 5.91 Å². The zero-order valence-corrected chi connectivity index (χ0v) is 20.9. The highest BCUT2D eigenvalue weighted by Gasteiger charge is 2.30. The number of ether oxygens (including phenoxy) is 1. The lowest BCUT2D eigenvalue weighted by Crippen LogP contribution is -2.51. The first kappa shape index (κ1) is 26.0. The zero-order chi connectivity index (χ0) is 23.8. The van der Waals surface area contributed by atoms with Gasteiger partial charge in [-0.1, -0.05) is 55.2 Å². The van der Waals surface area contributed by atoms with Gasteiger partial charge >= 0.3 is 0 Å². The highest BCUT2D eigenvalue weighted by Crippen LogP contribution is 2.24. The molecule has 0 radical (unpaired) electrons. The van der Waals surface area contributed by atoms with Gasteiger partial charge < -0.3 is 15.0 Å². The van der Waals surface area contributed by atoms with Crippen molar-refractivity contribution >= 4 is 35.0 Å². The van der Waals surface area contributed by atoms with Crippen molar-refractivity contribution in [1.29, 1.82) is 0 Å². The van der Waals surface area contributed by atoms with Gasteiger partial charge in [0.1, 0.15) is 11.8 Å². The maximum Gasteiger partial charge on any atom is 0.261 e. The number of halogens is 2. The number of amides is 2. The lowest BCUT2D eigenvalue weighted by molar-refractivity contribution is -0.143. The third-order valence-electron chi connectivity index (χ3n) is 5.44. The molecule has 0 aliphatic carbocycles. The van der Waals surface area contributed by atoms with Crippen LogP contribution in [0.5, 0.6) is 5.75 Å². The minimum absolute atomic E-state index is 0.0128. The van der Waals surface area contributed by atoms with E-state index in [9.17, 15) is 9.59 Å². The molecule has 2 rings (SSSR count). The van der Waals surface area contributed by atoms with E-state index in [1.165, 1.54) is 4.90 Å². The van der Waals surface area contributed by atoms with Crippen LogP contribution in [0.15, 0.2) is 36.4 Å². The van der Waals surface area contributed by atoms with Crippen LogP contribution in [0.2, 0.25) is 10.0 Å². The Bertz CT molecular complexity index is 949. The first-order chi connectivity index (χ1) is 15.2. The van der Waals surface area contributed by atoms with Gasteiger partial charge in [0, 0.05) is 22.6 Å². The number of aryl methyl sites for hydroxylation is 2. The van der Waals surface area contributed by atoms with Gasteiger partial charge in [-0.05, 0) is 68.5 Å². The normalized spacial score (nSPS) is 12.7. The van der Waals surface area contributed by atoms with Crippen molar-refractivity contribution in [2.45, 2.75) is 66.1 Å². The van der Waals surface area contributed by atoms with Crippen LogP contribution >= 0.6 is 23.2 Å². The summed E-state index contributed by atoms with van der Waals surface area (Å²) in [6.45, 7) is 9.72. The summed E-state index contributed by atoms with van der Waals surface area (Å²) in [4.78, 5) is 27.8. The van der Waals surface area contributed by atoms with Crippen molar-refractivity contribution in [2.24, 2.45) is 0 Å². The molecule has 0 bridgehead atoms. The fraction of sp³-hybridized carbons (Fsp3) is 0.440. The molecule has 0 saturated heterocycles. The van der Waals surface area contributed by atoms with E-state index < -0.39 is 6.04 Å². The predicted octanol–water partition coefficient (Wildman–Crippen LogP) is 5.71. The Morgan fingerprint density at radius 3 is 2.41 bits per heavy atom. The summed E-state index contributed by atoms with van der Waals surface area (Å²) < 4.78 is 5.85. The molecule has 0 aromatic heterocycles. The van der Waals surface area contributed by atoms with Crippen LogP contribution in [-0.2, 0) is 16.1 Å². The van der Waals surface area contributed by atoms with Crippen molar-refractivity contribution in [3.05, 3.63) is 63.1 Å². The van der Waals surface area contributed by atoms with Gasteiger partial charge in [0.05, 0.1) is 0 Å². The molecule has 2 aromatic carbocycles. The van der Waals surface area contributed by atoms with Crippen LogP contribution in [0.25, 0.3) is 0 Å². The molecular formula is C25H32Cl2N2O3. The lowest BCUT2D eigenvalue weighted by Gasteiger charge is -2.31. The van der Waals surface area contributed by atoms with Crippen LogP contribution in [0.3, 0.4) is 0 Å². The Morgan fingerprint density at radius 2 is 1.78 bits per heavy atom. The Kier molecular flexibility index (Phi) is 9.85. The number of nitrogens with one attached hydrogen (secondary N) is 1. The second kappa shape index (κ2) is 12.1. The average Bonchev–Trinajstić information content (AvgIpc) is 2.75. The fourth-order valence-corrected chi connectivity index (χ4v) is 3.75. The summed E-state index contributed by atoms with van der Waals surface area (Å²) in [6, 6.07) is 10.3. The Morgan fingerprint density at radius 1 is 1.06 bits per heavy atom. The predicted molar refractivity (Wildman–Crippen MR) is 130 cm³/mol. The summed E-state index contributed by atoms with van der Waals surface area (Å²) >= 11 is 12.4. The molecule has 2 amide bonds. The number of carbonyl (C=O) groups is 2. The largest absolute Gasteiger partial charge is 0.483 e. The van der Waals surface area contributed by atoms with Crippen LogP contribution < -0.4 is 10.1 Å². The van der Waals surface area contributed by atoms with Crippen molar-refractivity contribution in [3.8, 4) is 5.75 Å². The van der Waals surface area contributed by atoms with Crippen LogP contribution in [0.4, 0.5) is 0 Å². The molecule has 0 heterocycles. The van der Waals surface area contributed by atoms with Gasteiger partial charge in [-0.3, -0.25) is 9.59 Å². The third kappa shape index (κ3) is 7.14. The molecule has 1 N–H and O–H groups in total. The van der Waals surface area contributed by atoms with Crippen molar-refractivity contribution < 1.29 is 14.3 Å². The van der Waals surface area contributed by atoms with E-state index in [-0.39, 0.29) is 31.0 Å². The van der Waals surface area contributed by atoms with Crippen LogP contribution in [0.1, 0.15) is 50.3 Å². The van der Waals surface area contributed by atoms with Crippen molar-refractivity contribution in [2.75, 3.05) is 6.61 Å². The minimum atomic E-state index is -0.648. The number of hydrogen-bond donors (Lipinski definition) is 1. The second-order valence-electron chi connectivity index (χ2n) is 8.06. The molecule has 2 atom stereocenters. The summed E-state index contributed by atoms with van der Waals surface area (Å²) in [5, 5.41) is 3.95.